The molecule has 0 radical (unpaired) electrons. The zero-order chi connectivity index (χ0) is 13.6. The number of hydrogen-bond acceptors (Lipinski definition) is 3. The molecule has 18 heavy (non-hydrogen) atoms. The number of alkyl halides is 3. The standard InChI is InChI=1S/C12H22F3NO2/c1-2-5-16(8-12(13,14)15)7-11(9-17)4-3-6-18-10-11/h17H,2-10H2,1H3. The fourth-order valence-corrected chi connectivity index (χ4v) is 2.47. The van der Waals surface area contributed by atoms with E-state index >= 15 is 0 Å². The minimum Gasteiger partial charge on any atom is -0.396 e. The van der Waals surface area contributed by atoms with Crippen molar-refractivity contribution in [1.82, 2.24) is 4.90 Å². The molecule has 0 aromatic rings. The van der Waals surface area contributed by atoms with Gasteiger partial charge in [-0.1, -0.05) is 6.92 Å². The Morgan fingerprint density at radius 2 is 2.11 bits per heavy atom. The minimum absolute atomic E-state index is 0.120. The first-order valence-corrected chi connectivity index (χ1v) is 6.38. The maximum absolute atomic E-state index is 12.5. The maximum atomic E-state index is 12.5. The Bertz CT molecular complexity index is 240. The van der Waals surface area contributed by atoms with Gasteiger partial charge in [0.05, 0.1) is 19.8 Å². The molecule has 3 nitrogen and oxygen atoms in total. The van der Waals surface area contributed by atoms with E-state index in [9.17, 15) is 18.3 Å². The van der Waals surface area contributed by atoms with Crippen LogP contribution in [0.5, 0.6) is 0 Å². The van der Waals surface area contributed by atoms with Crippen molar-refractivity contribution >= 4 is 0 Å². The highest BCUT2D eigenvalue weighted by Gasteiger charge is 2.37. The summed E-state index contributed by atoms with van der Waals surface area (Å²) in [5, 5.41) is 9.47. The van der Waals surface area contributed by atoms with E-state index in [1.165, 1.54) is 4.90 Å². The van der Waals surface area contributed by atoms with Gasteiger partial charge in [-0.2, -0.15) is 13.2 Å². The Kier molecular flexibility index (Phi) is 5.88. The van der Waals surface area contributed by atoms with Gasteiger partial charge in [-0.25, -0.2) is 0 Å². The molecule has 1 atom stereocenters. The first-order chi connectivity index (χ1) is 8.41. The van der Waals surface area contributed by atoms with Crippen LogP contribution < -0.4 is 0 Å². The molecule has 1 rings (SSSR count). The smallest absolute Gasteiger partial charge is 0.396 e. The van der Waals surface area contributed by atoms with Gasteiger partial charge in [0.2, 0.25) is 0 Å². The summed E-state index contributed by atoms with van der Waals surface area (Å²) in [5.41, 5.74) is -0.529. The normalized spacial score (nSPS) is 25.7. The van der Waals surface area contributed by atoms with Crippen LogP contribution in [0.2, 0.25) is 0 Å². The van der Waals surface area contributed by atoms with E-state index in [0.29, 0.717) is 26.2 Å². The summed E-state index contributed by atoms with van der Waals surface area (Å²) in [6.07, 6.45) is -2.01. The van der Waals surface area contributed by atoms with Gasteiger partial charge in [-0.05, 0) is 25.8 Å². The summed E-state index contributed by atoms with van der Waals surface area (Å²) >= 11 is 0. The van der Waals surface area contributed by atoms with Crippen LogP contribution >= 0.6 is 0 Å². The van der Waals surface area contributed by atoms with Crippen molar-refractivity contribution in [2.45, 2.75) is 32.4 Å². The van der Waals surface area contributed by atoms with E-state index in [1.54, 1.807) is 0 Å². The number of nitrogens with zero attached hydrogens (tertiary/aromatic N) is 1. The summed E-state index contributed by atoms with van der Waals surface area (Å²) in [7, 11) is 0. The topological polar surface area (TPSA) is 32.7 Å². The highest BCUT2D eigenvalue weighted by Crippen LogP contribution is 2.30. The zero-order valence-corrected chi connectivity index (χ0v) is 10.8. The molecule has 1 unspecified atom stereocenters. The van der Waals surface area contributed by atoms with Crippen molar-refractivity contribution in [2.75, 3.05) is 39.5 Å². The van der Waals surface area contributed by atoms with Crippen molar-refractivity contribution in [3.05, 3.63) is 0 Å². The monoisotopic (exact) mass is 269 g/mol. The maximum Gasteiger partial charge on any atom is 0.401 e. The Balaban J connectivity index is 2.62. The molecular formula is C12H22F3NO2. The molecule has 108 valence electrons. The molecule has 0 aliphatic carbocycles. The third-order valence-corrected chi connectivity index (χ3v) is 3.24. The first kappa shape index (κ1) is 15.7. The van der Waals surface area contributed by atoms with Crippen LogP contribution in [0.4, 0.5) is 13.2 Å². The van der Waals surface area contributed by atoms with Gasteiger partial charge in [0.25, 0.3) is 0 Å². The summed E-state index contributed by atoms with van der Waals surface area (Å²) in [6, 6.07) is 0. The van der Waals surface area contributed by atoms with Gasteiger partial charge in [0.15, 0.2) is 0 Å². The van der Waals surface area contributed by atoms with Crippen molar-refractivity contribution in [2.24, 2.45) is 5.41 Å². The number of aliphatic hydroxyl groups is 1. The molecule has 1 aliphatic heterocycles. The number of halogens is 3. The molecule has 0 spiro atoms. The fourth-order valence-electron chi connectivity index (χ4n) is 2.47. The van der Waals surface area contributed by atoms with Crippen LogP contribution in [0, 0.1) is 5.41 Å². The van der Waals surface area contributed by atoms with E-state index in [1.807, 2.05) is 6.92 Å². The van der Waals surface area contributed by atoms with E-state index in [0.717, 1.165) is 12.8 Å². The van der Waals surface area contributed by atoms with E-state index < -0.39 is 18.1 Å². The van der Waals surface area contributed by atoms with E-state index in [4.69, 9.17) is 4.74 Å². The molecule has 0 aromatic carbocycles. The van der Waals surface area contributed by atoms with Crippen LogP contribution in [0.25, 0.3) is 0 Å². The zero-order valence-electron chi connectivity index (χ0n) is 10.8. The van der Waals surface area contributed by atoms with Gasteiger partial charge in [-0.15, -0.1) is 0 Å². The Labute approximate surface area is 106 Å². The van der Waals surface area contributed by atoms with E-state index in [2.05, 4.69) is 0 Å². The lowest BCUT2D eigenvalue weighted by Gasteiger charge is -2.39. The molecule has 1 aliphatic rings. The molecule has 6 heteroatoms. The summed E-state index contributed by atoms with van der Waals surface area (Å²) in [6.45, 7) is 2.44. The minimum atomic E-state index is -4.19. The fraction of sp³-hybridized carbons (Fsp3) is 1.00. The highest BCUT2D eigenvalue weighted by molar-refractivity contribution is 4.85. The van der Waals surface area contributed by atoms with Gasteiger partial charge in [0.1, 0.15) is 0 Å². The largest absolute Gasteiger partial charge is 0.401 e. The van der Waals surface area contributed by atoms with Gasteiger partial charge in [-0.3, -0.25) is 4.90 Å². The SMILES string of the molecule is CCCN(CC(F)(F)F)CC1(CO)CCCOC1. The number of aliphatic hydroxyl groups excluding tert-OH is 1. The molecule has 1 saturated heterocycles. The Morgan fingerprint density at radius 3 is 2.56 bits per heavy atom. The lowest BCUT2D eigenvalue weighted by atomic mass is 9.82. The second-order valence-corrected chi connectivity index (χ2v) is 5.14. The molecule has 1 N–H and O–H groups in total. The molecule has 0 amide bonds. The van der Waals surface area contributed by atoms with Gasteiger partial charge >= 0.3 is 6.18 Å². The lowest BCUT2D eigenvalue weighted by molar-refractivity contribution is -0.154. The third-order valence-electron chi connectivity index (χ3n) is 3.24. The van der Waals surface area contributed by atoms with E-state index in [-0.39, 0.29) is 13.2 Å². The molecule has 1 fully saturated rings. The van der Waals surface area contributed by atoms with Gasteiger partial charge in [0, 0.05) is 18.6 Å². The molecule has 0 aromatic heterocycles. The van der Waals surface area contributed by atoms with Crippen molar-refractivity contribution < 1.29 is 23.0 Å². The lowest BCUT2D eigenvalue weighted by Crippen LogP contribution is -2.48. The van der Waals surface area contributed by atoms with Gasteiger partial charge < -0.3 is 9.84 Å². The summed E-state index contributed by atoms with van der Waals surface area (Å²) < 4.78 is 42.7. The molecule has 0 bridgehead atoms. The first-order valence-electron chi connectivity index (χ1n) is 6.38. The quantitative estimate of drug-likeness (QED) is 0.801. The van der Waals surface area contributed by atoms with Crippen molar-refractivity contribution in [1.29, 1.82) is 0 Å². The van der Waals surface area contributed by atoms with Crippen LogP contribution in [0.1, 0.15) is 26.2 Å². The predicted octanol–water partition coefficient (Wildman–Crippen LogP) is 2.05. The van der Waals surface area contributed by atoms with Crippen LogP contribution in [-0.4, -0.2) is 55.6 Å². The second-order valence-electron chi connectivity index (χ2n) is 5.14. The Hall–Kier alpha value is -0.330. The van der Waals surface area contributed by atoms with Crippen molar-refractivity contribution in [3.8, 4) is 0 Å². The summed E-state index contributed by atoms with van der Waals surface area (Å²) in [4.78, 5) is 1.38. The number of rotatable bonds is 6. The average molecular weight is 269 g/mol. The molecule has 1 heterocycles. The molecule has 0 saturated carbocycles. The predicted molar refractivity (Wildman–Crippen MR) is 62.4 cm³/mol. The van der Waals surface area contributed by atoms with Crippen LogP contribution in [0.15, 0.2) is 0 Å². The average Bonchev–Trinajstić information content (AvgIpc) is 2.28. The second kappa shape index (κ2) is 6.73. The van der Waals surface area contributed by atoms with Crippen LogP contribution in [0.3, 0.4) is 0 Å². The number of ether oxygens (including phenoxy) is 1. The number of hydrogen-bond donors (Lipinski definition) is 1. The van der Waals surface area contributed by atoms with Crippen LogP contribution in [-0.2, 0) is 4.74 Å². The summed E-state index contributed by atoms with van der Waals surface area (Å²) in [5.74, 6) is 0. The molecular weight excluding hydrogens is 247 g/mol. The van der Waals surface area contributed by atoms with Crippen molar-refractivity contribution in [3.63, 3.8) is 0 Å². The highest BCUT2D eigenvalue weighted by atomic mass is 19.4. The third kappa shape index (κ3) is 5.12. The Morgan fingerprint density at radius 1 is 1.39 bits per heavy atom.